The fourth-order valence-electron chi connectivity index (χ4n) is 3.06. The average Bonchev–Trinajstić information content (AvgIpc) is 3.27. The summed E-state index contributed by atoms with van der Waals surface area (Å²) in [5.74, 6) is -0.236. The second-order valence-corrected chi connectivity index (χ2v) is 8.48. The molecule has 5 nitrogen and oxygen atoms in total. The fourth-order valence-corrected chi connectivity index (χ4v) is 4.91. The highest BCUT2D eigenvalue weighted by Crippen LogP contribution is 2.23. The van der Waals surface area contributed by atoms with Crippen molar-refractivity contribution in [3.05, 3.63) is 57.3 Å². The van der Waals surface area contributed by atoms with E-state index in [0.717, 1.165) is 20.4 Å². The molecule has 7 heteroatoms. The van der Waals surface area contributed by atoms with Gasteiger partial charge in [-0.15, -0.1) is 11.3 Å². The molecule has 4 aromatic rings. The summed E-state index contributed by atoms with van der Waals surface area (Å²) in [7, 11) is 0. The number of carbonyl (C=O) groups is 1. The summed E-state index contributed by atoms with van der Waals surface area (Å²) >= 11 is 3.07. The van der Waals surface area contributed by atoms with Gasteiger partial charge in [0.05, 0.1) is 32.6 Å². The molecule has 2 heterocycles. The van der Waals surface area contributed by atoms with Crippen LogP contribution in [0.15, 0.2) is 40.8 Å². The number of fused-ring (bicyclic) bond motifs is 2. The van der Waals surface area contributed by atoms with E-state index in [0.29, 0.717) is 30.1 Å². The van der Waals surface area contributed by atoms with Crippen LogP contribution in [0, 0.1) is 13.8 Å². The van der Waals surface area contributed by atoms with Crippen LogP contribution >= 0.6 is 22.7 Å². The Morgan fingerprint density at radius 2 is 2.00 bits per heavy atom. The van der Waals surface area contributed by atoms with Crippen molar-refractivity contribution in [2.24, 2.45) is 4.99 Å². The number of nitrogens with zero attached hydrogens (tertiary/aromatic N) is 3. The number of aromatic nitrogens is 2. The highest BCUT2D eigenvalue weighted by molar-refractivity contribution is 7.17. The number of amides is 1. The van der Waals surface area contributed by atoms with E-state index in [2.05, 4.69) is 40.5 Å². The van der Waals surface area contributed by atoms with E-state index in [4.69, 9.17) is 4.74 Å². The summed E-state index contributed by atoms with van der Waals surface area (Å²) in [6.45, 7) is 8.10. The van der Waals surface area contributed by atoms with E-state index < -0.39 is 0 Å². The maximum atomic E-state index is 12.9. The molecule has 0 aliphatic carbocycles. The Labute approximate surface area is 171 Å². The molecular weight excluding hydrogens is 390 g/mol. The Morgan fingerprint density at radius 1 is 1.18 bits per heavy atom. The first-order valence-corrected chi connectivity index (χ1v) is 10.9. The lowest BCUT2D eigenvalue weighted by Gasteiger charge is -2.07. The maximum Gasteiger partial charge on any atom is 0.279 e. The van der Waals surface area contributed by atoms with Crippen molar-refractivity contribution in [2.75, 3.05) is 13.2 Å². The molecule has 0 N–H and O–H groups in total. The molecule has 144 valence electrons. The molecule has 0 bridgehead atoms. The van der Waals surface area contributed by atoms with Gasteiger partial charge in [-0.2, -0.15) is 4.99 Å². The summed E-state index contributed by atoms with van der Waals surface area (Å²) in [5.41, 5.74) is 6.83. The van der Waals surface area contributed by atoms with Gasteiger partial charge in [0, 0.05) is 18.7 Å². The summed E-state index contributed by atoms with van der Waals surface area (Å²) in [5, 5.41) is 0. The number of aryl methyl sites for hydroxylation is 2. The van der Waals surface area contributed by atoms with Crippen molar-refractivity contribution in [3.63, 3.8) is 0 Å². The van der Waals surface area contributed by atoms with E-state index in [-0.39, 0.29) is 5.91 Å². The Hall–Kier alpha value is -2.35. The van der Waals surface area contributed by atoms with Crippen LogP contribution in [0.4, 0.5) is 0 Å². The fraction of sp³-hybridized carbons (Fsp3) is 0.286. The number of hydrogen-bond donors (Lipinski definition) is 0. The van der Waals surface area contributed by atoms with Crippen LogP contribution in [0.25, 0.3) is 20.4 Å². The molecule has 0 unspecified atom stereocenters. The first kappa shape index (κ1) is 19.0. The molecule has 0 saturated carbocycles. The molecule has 28 heavy (non-hydrogen) atoms. The number of thiazole rings is 2. The predicted octanol–water partition coefficient (Wildman–Crippen LogP) is 4.71. The van der Waals surface area contributed by atoms with Crippen LogP contribution in [0.5, 0.6) is 0 Å². The third-order valence-corrected chi connectivity index (χ3v) is 6.57. The van der Waals surface area contributed by atoms with Crippen LogP contribution in [0.3, 0.4) is 0 Å². The maximum absolute atomic E-state index is 12.9. The highest BCUT2D eigenvalue weighted by atomic mass is 32.1. The second-order valence-electron chi connectivity index (χ2n) is 6.59. The molecule has 2 aromatic heterocycles. The largest absolute Gasteiger partial charge is 0.380 e. The van der Waals surface area contributed by atoms with Gasteiger partial charge in [-0.25, -0.2) is 4.98 Å². The van der Waals surface area contributed by atoms with Crippen LogP contribution < -0.4 is 4.80 Å². The average molecular weight is 412 g/mol. The molecule has 0 aliphatic rings. The van der Waals surface area contributed by atoms with Gasteiger partial charge in [0.15, 0.2) is 4.80 Å². The quantitative estimate of drug-likeness (QED) is 0.447. The Morgan fingerprint density at radius 3 is 2.82 bits per heavy atom. The first-order chi connectivity index (χ1) is 13.6. The lowest BCUT2D eigenvalue weighted by atomic mass is 10.1. The molecule has 0 fully saturated rings. The lowest BCUT2D eigenvalue weighted by molar-refractivity contribution is 0.0997. The number of ether oxygens (including phenoxy) is 1. The van der Waals surface area contributed by atoms with Crippen molar-refractivity contribution in [2.45, 2.75) is 27.3 Å². The van der Waals surface area contributed by atoms with Gasteiger partial charge in [0.2, 0.25) is 0 Å². The summed E-state index contributed by atoms with van der Waals surface area (Å²) in [6.07, 6.45) is 0. The minimum atomic E-state index is -0.236. The van der Waals surface area contributed by atoms with E-state index in [1.807, 2.05) is 19.1 Å². The molecule has 2 aromatic carbocycles. The zero-order valence-electron chi connectivity index (χ0n) is 16.1. The second kappa shape index (κ2) is 7.95. The number of benzene rings is 2. The van der Waals surface area contributed by atoms with Gasteiger partial charge in [-0.05, 0) is 62.2 Å². The third kappa shape index (κ3) is 3.65. The lowest BCUT2D eigenvalue weighted by Crippen LogP contribution is -2.19. The third-order valence-electron chi connectivity index (χ3n) is 4.74. The van der Waals surface area contributed by atoms with E-state index in [1.54, 1.807) is 22.9 Å². The number of rotatable bonds is 5. The molecule has 0 saturated heterocycles. The van der Waals surface area contributed by atoms with Gasteiger partial charge in [-0.1, -0.05) is 11.3 Å². The molecule has 0 atom stereocenters. The Bertz CT molecular complexity index is 1230. The summed E-state index contributed by atoms with van der Waals surface area (Å²) in [6, 6.07) is 9.86. The summed E-state index contributed by atoms with van der Waals surface area (Å²) < 4.78 is 9.76. The molecule has 0 aliphatic heterocycles. The summed E-state index contributed by atoms with van der Waals surface area (Å²) in [4.78, 5) is 22.3. The molecule has 4 rings (SSSR count). The molecule has 0 radical (unpaired) electrons. The van der Waals surface area contributed by atoms with Crippen molar-refractivity contribution in [1.29, 1.82) is 0 Å². The molecule has 0 spiro atoms. The minimum absolute atomic E-state index is 0.236. The van der Waals surface area contributed by atoms with Gasteiger partial charge in [0.25, 0.3) is 5.91 Å². The Kier molecular flexibility index (Phi) is 5.39. The van der Waals surface area contributed by atoms with Gasteiger partial charge < -0.3 is 9.30 Å². The first-order valence-electron chi connectivity index (χ1n) is 9.17. The minimum Gasteiger partial charge on any atom is -0.380 e. The van der Waals surface area contributed by atoms with Crippen molar-refractivity contribution in [3.8, 4) is 0 Å². The van der Waals surface area contributed by atoms with Crippen LogP contribution in [-0.2, 0) is 11.3 Å². The smallest absolute Gasteiger partial charge is 0.279 e. The molecular formula is C21H21N3O2S2. The number of hydrogen-bond acceptors (Lipinski definition) is 5. The van der Waals surface area contributed by atoms with Crippen molar-refractivity contribution >= 4 is 49.0 Å². The monoisotopic (exact) mass is 411 g/mol. The highest BCUT2D eigenvalue weighted by Gasteiger charge is 2.11. The van der Waals surface area contributed by atoms with E-state index in [1.165, 1.54) is 22.5 Å². The standard InChI is InChI=1S/C21H21N3O2S2/c1-4-26-8-7-24-17-9-13(2)14(3)10-19(17)28-21(24)23-20(25)15-5-6-16-18(11-15)27-12-22-16/h5-6,9-12H,4,7-8H2,1-3H3. The normalized spacial score (nSPS) is 12.3. The van der Waals surface area contributed by atoms with Gasteiger partial charge in [-0.3, -0.25) is 4.79 Å². The van der Waals surface area contributed by atoms with Crippen molar-refractivity contribution in [1.82, 2.24) is 9.55 Å². The zero-order chi connectivity index (χ0) is 19.7. The predicted molar refractivity (Wildman–Crippen MR) is 115 cm³/mol. The van der Waals surface area contributed by atoms with E-state index >= 15 is 0 Å². The van der Waals surface area contributed by atoms with Crippen LogP contribution in [-0.4, -0.2) is 28.7 Å². The van der Waals surface area contributed by atoms with Crippen LogP contribution in [0.1, 0.15) is 28.4 Å². The zero-order valence-corrected chi connectivity index (χ0v) is 17.7. The van der Waals surface area contributed by atoms with Gasteiger partial charge >= 0.3 is 0 Å². The Balaban J connectivity index is 1.80. The van der Waals surface area contributed by atoms with E-state index in [9.17, 15) is 4.79 Å². The SMILES string of the molecule is CCOCCn1c(=NC(=O)c2ccc3ncsc3c2)sc2cc(C)c(C)cc21. The topological polar surface area (TPSA) is 56.5 Å². The van der Waals surface area contributed by atoms with Gasteiger partial charge in [0.1, 0.15) is 0 Å². The van der Waals surface area contributed by atoms with Crippen molar-refractivity contribution < 1.29 is 9.53 Å². The molecule has 1 amide bonds. The number of carbonyl (C=O) groups excluding carboxylic acids is 1. The van der Waals surface area contributed by atoms with Crippen LogP contribution in [0.2, 0.25) is 0 Å².